The van der Waals surface area contributed by atoms with Crippen LogP contribution in [0.1, 0.15) is 12.0 Å². The normalized spacial score (nSPS) is 19.9. The molecule has 16 heavy (non-hydrogen) atoms. The van der Waals surface area contributed by atoms with Crippen molar-refractivity contribution >= 4 is 23.2 Å². The molecule has 1 aliphatic rings. The fourth-order valence-corrected chi connectivity index (χ4v) is 2.18. The summed E-state index contributed by atoms with van der Waals surface area (Å²) in [7, 11) is 0. The monoisotopic (exact) mass is 234 g/mol. The maximum Gasteiger partial charge on any atom is 0.228 e. The van der Waals surface area contributed by atoms with Crippen LogP contribution in [0.4, 0.5) is 5.69 Å². The van der Waals surface area contributed by atoms with Crippen LogP contribution in [-0.2, 0) is 4.79 Å². The van der Waals surface area contributed by atoms with Gasteiger partial charge in [-0.05, 0) is 18.6 Å². The highest BCUT2D eigenvalue weighted by Gasteiger charge is 2.31. The van der Waals surface area contributed by atoms with Gasteiger partial charge >= 0.3 is 0 Å². The third-order valence-electron chi connectivity index (χ3n) is 2.71. The molecular weight excluding hydrogens is 224 g/mol. The number of aryl methyl sites for hydroxylation is 1. The Labute approximate surface area is 99.4 Å². The molecule has 3 nitrogen and oxygen atoms in total. The van der Waals surface area contributed by atoms with Crippen molar-refractivity contribution in [2.45, 2.75) is 13.3 Å². The summed E-state index contributed by atoms with van der Waals surface area (Å²) in [6.07, 6.45) is 7.35. The Balaban J connectivity index is 2.39. The zero-order chi connectivity index (χ0) is 11.7. The first kappa shape index (κ1) is 11.0. The van der Waals surface area contributed by atoms with E-state index < -0.39 is 0 Å². The molecular formula is C12H11ClN2O. The number of amides is 1. The van der Waals surface area contributed by atoms with Crippen LogP contribution in [0, 0.1) is 25.2 Å². The van der Waals surface area contributed by atoms with Gasteiger partial charge in [-0.25, -0.2) is 4.98 Å². The van der Waals surface area contributed by atoms with Crippen molar-refractivity contribution in [3.63, 3.8) is 0 Å². The smallest absolute Gasteiger partial charge is 0.228 e. The highest BCUT2D eigenvalue weighted by Crippen LogP contribution is 2.32. The molecule has 1 aliphatic heterocycles. The van der Waals surface area contributed by atoms with Crippen LogP contribution in [0.15, 0.2) is 12.3 Å². The summed E-state index contributed by atoms with van der Waals surface area (Å²) < 4.78 is 0. The van der Waals surface area contributed by atoms with Crippen LogP contribution in [-0.4, -0.2) is 17.4 Å². The number of anilines is 1. The van der Waals surface area contributed by atoms with Gasteiger partial charge < -0.3 is 4.90 Å². The fourth-order valence-electron chi connectivity index (χ4n) is 1.88. The summed E-state index contributed by atoms with van der Waals surface area (Å²) in [5.74, 6) is 2.60. The topological polar surface area (TPSA) is 33.2 Å². The molecule has 1 atom stereocenters. The van der Waals surface area contributed by atoms with Crippen molar-refractivity contribution in [3.05, 3.63) is 23.0 Å². The molecule has 0 aromatic carbocycles. The molecule has 1 saturated heterocycles. The van der Waals surface area contributed by atoms with Crippen LogP contribution in [0.3, 0.4) is 0 Å². The Morgan fingerprint density at radius 1 is 1.69 bits per heavy atom. The van der Waals surface area contributed by atoms with E-state index >= 15 is 0 Å². The predicted molar refractivity (Wildman–Crippen MR) is 63.3 cm³/mol. The molecule has 1 amide bonds. The molecule has 1 unspecified atom stereocenters. The molecule has 0 aliphatic carbocycles. The van der Waals surface area contributed by atoms with Crippen molar-refractivity contribution in [3.8, 4) is 12.3 Å². The average Bonchev–Trinajstić information content (AvgIpc) is 2.60. The number of carbonyl (C=O) groups excluding carboxylic acids is 1. The van der Waals surface area contributed by atoms with Gasteiger partial charge in [-0.3, -0.25) is 4.79 Å². The summed E-state index contributed by atoms with van der Waals surface area (Å²) in [5.41, 5.74) is 1.62. The lowest BCUT2D eigenvalue weighted by molar-refractivity contribution is -0.117. The third-order valence-corrected chi connectivity index (χ3v) is 2.99. The number of terminal acetylenes is 1. The van der Waals surface area contributed by atoms with Crippen molar-refractivity contribution < 1.29 is 4.79 Å². The minimum atomic E-state index is -0.0248. The fraction of sp³-hybridized carbons (Fsp3) is 0.333. The van der Waals surface area contributed by atoms with Gasteiger partial charge in [0.1, 0.15) is 0 Å². The lowest BCUT2D eigenvalue weighted by Crippen LogP contribution is -2.25. The number of aromatic nitrogens is 1. The highest BCUT2D eigenvalue weighted by atomic mass is 35.5. The van der Waals surface area contributed by atoms with E-state index in [-0.39, 0.29) is 11.8 Å². The van der Waals surface area contributed by atoms with Crippen molar-refractivity contribution in [1.82, 2.24) is 4.98 Å². The Morgan fingerprint density at radius 2 is 2.44 bits per heavy atom. The number of carbonyl (C=O) groups is 1. The predicted octanol–water partition coefficient (Wildman–Crippen LogP) is 2.03. The van der Waals surface area contributed by atoms with Crippen molar-refractivity contribution in [1.29, 1.82) is 0 Å². The Hall–Kier alpha value is -1.53. The number of rotatable bonds is 1. The number of halogens is 1. The number of pyridine rings is 1. The average molecular weight is 235 g/mol. The maximum atomic E-state index is 11.8. The zero-order valence-electron chi connectivity index (χ0n) is 8.90. The molecule has 0 N–H and O–H groups in total. The van der Waals surface area contributed by atoms with E-state index in [0.29, 0.717) is 23.8 Å². The molecule has 82 valence electrons. The van der Waals surface area contributed by atoms with Crippen LogP contribution in [0.25, 0.3) is 0 Å². The second kappa shape index (κ2) is 4.15. The summed E-state index contributed by atoms with van der Waals surface area (Å²) >= 11 is 6.01. The minimum Gasteiger partial charge on any atom is -0.308 e. The maximum absolute atomic E-state index is 11.8. The van der Waals surface area contributed by atoms with Crippen LogP contribution in [0.2, 0.25) is 5.15 Å². The standard InChI is InChI=1S/C12H11ClN2O/c1-3-9-6-10(16)15(7-9)11-8(2)4-5-14-12(11)13/h1,4-5,9H,6-7H2,2H3. The van der Waals surface area contributed by atoms with Gasteiger partial charge in [0.15, 0.2) is 5.15 Å². The number of hydrogen-bond donors (Lipinski definition) is 0. The molecule has 0 saturated carbocycles. The lowest BCUT2D eigenvalue weighted by atomic mass is 10.1. The van der Waals surface area contributed by atoms with E-state index in [2.05, 4.69) is 10.9 Å². The van der Waals surface area contributed by atoms with E-state index in [1.54, 1.807) is 11.1 Å². The van der Waals surface area contributed by atoms with Crippen molar-refractivity contribution in [2.24, 2.45) is 5.92 Å². The van der Waals surface area contributed by atoms with Gasteiger partial charge in [0.05, 0.1) is 5.69 Å². The summed E-state index contributed by atoms with van der Waals surface area (Å²) in [6, 6.07) is 1.83. The van der Waals surface area contributed by atoms with Gasteiger partial charge in [0.25, 0.3) is 0 Å². The molecule has 4 heteroatoms. The van der Waals surface area contributed by atoms with Gasteiger partial charge in [-0.15, -0.1) is 12.3 Å². The van der Waals surface area contributed by atoms with Crippen LogP contribution < -0.4 is 4.90 Å². The first-order valence-corrected chi connectivity index (χ1v) is 5.39. The summed E-state index contributed by atoms with van der Waals surface area (Å²) in [5, 5.41) is 0.353. The molecule has 0 bridgehead atoms. The second-order valence-corrected chi connectivity index (χ2v) is 4.20. The van der Waals surface area contributed by atoms with Gasteiger partial charge in [0.2, 0.25) is 5.91 Å². The van der Waals surface area contributed by atoms with E-state index in [4.69, 9.17) is 18.0 Å². The Morgan fingerprint density at radius 3 is 3.00 bits per heavy atom. The van der Waals surface area contributed by atoms with Gasteiger partial charge in [-0.2, -0.15) is 0 Å². The minimum absolute atomic E-state index is 0.0148. The van der Waals surface area contributed by atoms with Crippen LogP contribution >= 0.6 is 11.6 Å². The van der Waals surface area contributed by atoms with Gasteiger partial charge in [0, 0.05) is 25.1 Å². The first-order valence-electron chi connectivity index (χ1n) is 5.01. The lowest BCUT2D eigenvalue weighted by Gasteiger charge is -2.19. The number of nitrogens with zero attached hydrogens (tertiary/aromatic N) is 2. The second-order valence-electron chi connectivity index (χ2n) is 3.84. The molecule has 1 fully saturated rings. The van der Waals surface area contributed by atoms with E-state index in [1.807, 2.05) is 13.0 Å². The Kier molecular flexibility index (Phi) is 2.84. The Bertz CT molecular complexity index is 458. The van der Waals surface area contributed by atoms with E-state index in [9.17, 15) is 4.79 Å². The van der Waals surface area contributed by atoms with E-state index in [0.717, 1.165) is 5.56 Å². The molecule has 2 rings (SSSR count). The SMILES string of the molecule is C#CC1CC(=O)N(c2c(C)ccnc2Cl)C1. The van der Waals surface area contributed by atoms with Gasteiger partial charge in [-0.1, -0.05) is 11.6 Å². The summed E-state index contributed by atoms with van der Waals surface area (Å²) in [4.78, 5) is 17.4. The molecule has 0 radical (unpaired) electrons. The first-order chi connectivity index (χ1) is 7.63. The molecule has 2 heterocycles. The zero-order valence-corrected chi connectivity index (χ0v) is 9.66. The third kappa shape index (κ3) is 1.77. The molecule has 1 aromatic heterocycles. The van der Waals surface area contributed by atoms with Crippen LogP contribution in [0.5, 0.6) is 0 Å². The van der Waals surface area contributed by atoms with E-state index in [1.165, 1.54) is 0 Å². The largest absolute Gasteiger partial charge is 0.308 e. The highest BCUT2D eigenvalue weighted by molar-refractivity contribution is 6.32. The van der Waals surface area contributed by atoms with Crippen molar-refractivity contribution in [2.75, 3.05) is 11.4 Å². The number of hydrogen-bond acceptors (Lipinski definition) is 2. The quantitative estimate of drug-likeness (QED) is 0.550. The summed E-state index contributed by atoms with van der Waals surface area (Å²) in [6.45, 7) is 2.43. The molecule has 1 aromatic rings. The molecule has 0 spiro atoms.